The molecule has 25 heavy (non-hydrogen) atoms. The van der Waals surface area contributed by atoms with Gasteiger partial charge in [-0.05, 0) is 43.3 Å². The topological polar surface area (TPSA) is 93.4 Å². The van der Waals surface area contributed by atoms with Crippen molar-refractivity contribution >= 4 is 17.6 Å². The van der Waals surface area contributed by atoms with Gasteiger partial charge >= 0.3 is 6.03 Å². The van der Waals surface area contributed by atoms with Crippen LogP contribution in [0.3, 0.4) is 0 Å². The van der Waals surface area contributed by atoms with Crippen molar-refractivity contribution in [2.45, 2.75) is 6.92 Å². The number of para-hydroxylation sites is 2. The van der Waals surface area contributed by atoms with Gasteiger partial charge in [-0.15, -0.1) is 0 Å². The molecule has 0 atom stereocenters. The molecule has 0 fully saturated rings. The van der Waals surface area contributed by atoms with Crippen LogP contribution in [0.5, 0.6) is 5.75 Å². The van der Waals surface area contributed by atoms with Gasteiger partial charge < -0.3 is 21.1 Å². The van der Waals surface area contributed by atoms with E-state index in [4.69, 9.17) is 10.5 Å². The molecule has 0 bridgehead atoms. The minimum atomic E-state index is -0.481. The lowest BCUT2D eigenvalue weighted by Gasteiger charge is -2.11. The number of hydrogen-bond acceptors (Lipinski definition) is 3. The van der Waals surface area contributed by atoms with Gasteiger partial charge in [0.2, 0.25) is 5.91 Å². The molecule has 6 heteroatoms. The van der Waals surface area contributed by atoms with Crippen molar-refractivity contribution in [3.05, 3.63) is 59.7 Å². The van der Waals surface area contributed by atoms with E-state index in [2.05, 4.69) is 22.5 Å². The van der Waals surface area contributed by atoms with Gasteiger partial charge in [0.15, 0.2) is 0 Å². The Balaban J connectivity index is 1.86. The molecule has 2 rings (SSSR count). The fraction of sp³-hybridized carbons (Fsp3) is 0.158. The maximum Gasteiger partial charge on any atom is 0.320 e. The SMILES string of the molecule is CCOc1ccccc1NC(=O)NCC#Cc1ccc(C(N)=O)cc1. The highest BCUT2D eigenvalue weighted by molar-refractivity contribution is 5.93. The molecule has 0 heterocycles. The van der Waals surface area contributed by atoms with Crippen molar-refractivity contribution in [3.63, 3.8) is 0 Å². The summed E-state index contributed by atoms with van der Waals surface area (Å²) in [7, 11) is 0. The molecule has 0 radical (unpaired) electrons. The van der Waals surface area contributed by atoms with E-state index in [9.17, 15) is 9.59 Å². The number of nitrogens with one attached hydrogen (secondary N) is 2. The first-order valence-corrected chi connectivity index (χ1v) is 7.75. The van der Waals surface area contributed by atoms with Crippen molar-refractivity contribution in [2.75, 3.05) is 18.5 Å². The van der Waals surface area contributed by atoms with Crippen molar-refractivity contribution in [1.29, 1.82) is 0 Å². The number of nitrogens with two attached hydrogens (primary N) is 1. The Bertz CT molecular complexity index is 805. The molecule has 0 saturated carbocycles. The molecule has 0 unspecified atom stereocenters. The van der Waals surface area contributed by atoms with Crippen LogP contribution in [0.1, 0.15) is 22.8 Å². The molecule has 2 aromatic rings. The summed E-state index contributed by atoms with van der Waals surface area (Å²) in [6, 6.07) is 13.4. The third kappa shape index (κ3) is 5.59. The molecule has 3 amide bonds. The van der Waals surface area contributed by atoms with Crippen LogP contribution in [0.15, 0.2) is 48.5 Å². The standard InChI is InChI=1S/C19H19N3O3/c1-2-25-17-8-4-3-7-16(17)22-19(24)21-13-5-6-14-9-11-15(12-10-14)18(20)23/h3-4,7-12H,2,13H2,1H3,(H2,20,23)(H2,21,22,24). The zero-order valence-corrected chi connectivity index (χ0v) is 13.8. The largest absolute Gasteiger partial charge is 0.492 e. The number of primary amides is 1. The number of hydrogen-bond donors (Lipinski definition) is 3. The van der Waals surface area contributed by atoms with Crippen LogP contribution >= 0.6 is 0 Å². The van der Waals surface area contributed by atoms with Gasteiger partial charge in [-0.3, -0.25) is 4.79 Å². The van der Waals surface area contributed by atoms with Gasteiger partial charge in [0.1, 0.15) is 5.75 Å². The van der Waals surface area contributed by atoms with E-state index >= 15 is 0 Å². The quantitative estimate of drug-likeness (QED) is 0.731. The van der Waals surface area contributed by atoms with E-state index in [1.54, 1.807) is 36.4 Å². The van der Waals surface area contributed by atoms with E-state index in [-0.39, 0.29) is 12.6 Å². The lowest BCUT2D eigenvalue weighted by molar-refractivity contribution is 0.1000. The predicted octanol–water partition coefficient (Wildman–Crippen LogP) is 2.36. The molecule has 0 spiro atoms. The molecule has 0 aliphatic heterocycles. The molecule has 2 aromatic carbocycles. The van der Waals surface area contributed by atoms with E-state index in [1.165, 1.54) is 0 Å². The summed E-state index contributed by atoms with van der Waals surface area (Å²) < 4.78 is 5.44. The summed E-state index contributed by atoms with van der Waals surface area (Å²) in [4.78, 5) is 22.9. The van der Waals surface area contributed by atoms with Crippen molar-refractivity contribution in [1.82, 2.24) is 5.32 Å². The number of benzene rings is 2. The van der Waals surface area contributed by atoms with E-state index in [0.717, 1.165) is 5.56 Å². The summed E-state index contributed by atoms with van der Waals surface area (Å²) in [6.45, 7) is 2.57. The zero-order chi connectivity index (χ0) is 18.1. The van der Waals surface area contributed by atoms with Crippen LogP contribution in [0.25, 0.3) is 0 Å². The Labute approximate surface area is 146 Å². The van der Waals surface area contributed by atoms with E-state index < -0.39 is 5.91 Å². The van der Waals surface area contributed by atoms with Gasteiger partial charge in [-0.2, -0.15) is 0 Å². The van der Waals surface area contributed by atoms with E-state index in [1.807, 2.05) is 19.1 Å². The minimum absolute atomic E-state index is 0.181. The summed E-state index contributed by atoms with van der Waals surface area (Å²) in [5.74, 6) is 5.86. The van der Waals surface area contributed by atoms with E-state index in [0.29, 0.717) is 23.6 Å². The number of ether oxygens (including phenoxy) is 1. The first kappa shape index (κ1) is 17.9. The summed E-state index contributed by atoms with van der Waals surface area (Å²) in [6.07, 6.45) is 0. The fourth-order valence-corrected chi connectivity index (χ4v) is 2.01. The second-order valence-electron chi connectivity index (χ2n) is 4.98. The van der Waals surface area contributed by atoms with Crippen LogP contribution < -0.4 is 21.1 Å². The summed E-state index contributed by atoms with van der Waals surface area (Å²) >= 11 is 0. The monoisotopic (exact) mass is 337 g/mol. The minimum Gasteiger partial charge on any atom is -0.492 e. The van der Waals surface area contributed by atoms with Crippen LogP contribution in [0.4, 0.5) is 10.5 Å². The average molecular weight is 337 g/mol. The second kappa shape index (κ2) is 8.99. The third-order valence-electron chi connectivity index (χ3n) is 3.17. The molecule has 128 valence electrons. The van der Waals surface area contributed by atoms with Gasteiger partial charge in [-0.25, -0.2) is 4.79 Å². The zero-order valence-electron chi connectivity index (χ0n) is 13.8. The maximum atomic E-state index is 11.9. The Morgan fingerprint density at radius 2 is 1.84 bits per heavy atom. The lowest BCUT2D eigenvalue weighted by Crippen LogP contribution is -2.29. The number of rotatable bonds is 5. The Kier molecular flexibility index (Phi) is 6.43. The van der Waals surface area contributed by atoms with Gasteiger partial charge in [0, 0.05) is 11.1 Å². The normalized spacial score (nSPS) is 9.48. The van der Waals surface area contributed by atoms with Gasteiger partial charge in [0.25, 0.3) is 0 Å². The fourth-order valence-electron chi connectivity index (χ4n) is 2.01. The summed E-state index contributed by atoms with van der Waals surface area (Å²) in [5, 5.41) is 5.37. The highest BCUT2D eigenvalue weighted by Gasteiger charge is 2.05. The molecular weight excluding hydrogens is 318 g/mol. The number of carbonyl (C=O) groups excluding carboxylic acids is 2. The van der Waals surface area contributed by atoms with Crippen LogP contribution in [0.2, 0.25) is 0 Å². The molecule has 6 nitrogen and oxygen atoms in total. The number of amides is 3. The predicted molar refractivity (Wildman–Crippen MR) is 96.5 cm³/mol. The first-order valence-electron chi connectivity index (χ1n) is 7.75. The summed E-state index contributed by atoms with van der Waals surface area (Å²) in [5.41, 5.74) is 6.92. The van der Waals surface area contributed by atoms with Crippen molar-refractivity contribution < 1.29 is 14.3 Å². The molecule has 0 aliphatic rings. The van der Waals surface area contributed by atoms with Crippen molar-refractivity contribution in [2.24, 2.45) is 5.73 Å². The van der Waals surface area contributed by atoms with Crippen LogP contribution in [-0.2, 0) is 0 Å². The number of urea groups is 1. The second-order valence-corrected chi connectivity index (χ2v) is 4.98. The van der Waals surface area contributed by atoms with Crippen LogP contribution in [-0.4, -0.2) is 25.1 Å². The molecular formula is C19H19N3O3. The molecule has 0 aromatic heterocycles. The molecule has 0 saturated heterocycles. The lowest BCUT2D eigenvalue weighted by atomic mass is 10.1. The molecule has 0 aliphatic carbocycles. The Morgan fingerprint density at radius 1 is 1.12 bits per heavy atom. The highest BCUT2D eigenvalue weighted by Crippen LogP contribution is 2.23. The van der Waals surface area contributed by atoms with Crippen LogP contribution in [0, 0.1) is 11.8 Å². The number of anilines is 1. The molecule has 4 N–H and O–H groups in total. The van der Waals surface area contributed by atoms with Crippen molar-refractivity contribution in [3.8, 4) is 17.6 Å². The maximum absolute atomic E-state index is 11.9. The number of carbonyl (C=O) groups is 2. The Morgan fingerprint density at radius 3 is 2.52 bits per heavy atom. The average Bonchev–Trinajstić information content (AvgIpc) is 2.61. The first-order chi connectivity index (χ1) is 12.1. The van der Waals surface area contributed by atoms with Gasteiger partial charge in [-0.1, -0.05) is 24.0 Å². The Hall–Kier alpha value is -3.46. The van der Waals surface area contributed by atoms with Gasteiger partial charge in [0.05, 0.1) is 18.8 Å². The smallest absolute Gasteiger partial charge is 0.320 e. The third-order valence-corrected chi connectivity index (χ3v) is 3.17. The highest BCUT2D eigenvalue weighted by atomic mass is 16.5.